The number of fused-ring (bicyclic) bond motifs is 1. The number of carbonyl (C=O) groups excluding carboxylic acids is 1. The number of rotatable bonds is 5. The zero-order valence-electron chi connectivity index (χ0n) is 15.6. The van der Waals surface area contributed by atoms with Crippen LogP contribution in [0.5, 0.6) is 5.75 Å². The van der Waals surface area contributed by atoms with Crippen molar-refractivity contribution >= 4 is 40.4 Å². The molecule has 4 aromatic rings. The number of halogens is 1. The van der Waals surface area contributed by atoms with Gasteiger partial charge in [0.05, 0.1) is 12.8 Å². The fraction of sp³-hybridized carbons (Fsp3) is 0.0435. The van der Waals surface area contributed by atoms with Gasteiger partial charge in [-0.2, -0.15) is 0 Å². The van der Waals surface area contributed by atoms with Gasteiger partial charge >= 0.3 is 0 Å². The number of aromatic nitrogens is 1. The van der Waals surface area contributed by atoms with Gasteiger partial charge in [-0.05, 0) is 54.1 Å². The molecule has 0 bridgehead atoms. The third-order valence-corrected chi connectivity index (χ3v) is 4.55. The van der Waals surface area contributed by atoms with Gasteiger partial charge in [-0.1, -0.05) is 35.9 Å². The van der Waals surface area contributed by atoms with Gasteiger partial charge < -0.3 is 14.5 Å². The van der Waals surface area contributed by atoms with Crippen molar-refractivity contribution in [2.24, 2.45) is 0 Å². The first-order valence-corrected chi connectivity index (χ1v) is 9.29. The minimum Gasteiger partial charge on any atom is -0.495 e. The van der Waals surface area contributed by atoms with Crippen molar-refractivity contribution in [1.29, 1.82) is 0 Å². The maximum absolute atomic E-state index is 12.4. The van der Waals surface area contributed by atoms with Crippen LogP contribution in [0, 0.1) is 0 Å². The molecule has 0 saturated carbocycles. The normalized spacial score (nSPS) is 11.1. The molecule has 0 radical (unpaired) electrons. The Kier molecular flexibility index (Phi) is 5.31. The van der Waals surface area contributed by atoms with Crippen LogP contribution < -0.4 is 10.1 Å². The number of ether oxygens (including phenoxy) is 1. The van der Waals surface area contributed by atoms with E-state index in [4.69, 9.17) is 20.8 Å². The smallest absolute Gasteiger partial charge is 0.248 e. The fourth-order valence-electron chi connectivity index (χ4n) is 2.85. The Morgan fingerprint density at radius 1 is 1.10 bits per heavy atom. The van der Waals surface area contributed by atoms with E-state index in [0.717, 1.165) is 16.6 Å². The van der Waals surface area contributed by atoms with Crippen molar-refractivity contribution in [1.82, 2.24) is 4.98 Å². The molecule has 1 amide bonds. The molecule has 1 aromatic heterocycles. The zero-order chi connectivity index (χ0) is 20.2. The highest BCUT2D eigenvalue weighted by atomic mass is 35.5. The predicted molar refractivity (Wildman–Crippen MR) is 115 cm³/mol. The average Bonchev–Trinajstić information content (AvgIpc) is 3.17. The van der Waals surface area contributed by atoms with Crippen LogP contribution in [0.15, 0.2) is 77.2 Å². The molecule has 0 saturated heterocycles. The van der Waals surface area contributed by atoms with E-state index in [1.807, 2.05) is 42.5 Å². The lowest BCUT2D eigenvalue weighted by molar-refractivity contribution is -0.111. The van der Waals surface area contributed by atoms with Crippen LogP contribution in [0.25, 0.3) is 28.6 Å². The van der Waals surface area contributed by atoms with E-state index in [-0.39, 0.29) is 5.91 Å². The first-order chi connectivity index (χ1) is 14.1. The highest BCUT2D eigenvalue weighted by molar-refractivity contribution is 6.30. The molecule has 0 atom stereocenters. The van der Waals surface area contributed by atoms with Gasteiger partial charge in [-0.15, -0.1) is 0 Å². The lowest BCUT2D eigenvalue weighted by Gasteiger charge is -2.10. The molecular formula is C23H17ClN2O3. The summed E-state index contributed by atoms with van der Waals surface area (Å²) in [6, 6.07) is 20.1. The molecule has 1 heterocycles. The van der Waals surface area contributed by atoms with Gasteiger partial charge in [0.1, 0.15) is 11.3 Å². The first-order valence-electron chi connectivity index (χ1n) is 8.91. The molecule has 144 valence electrons. The summed E-state index contributed by atoms with van der Waals surface area (Å²) in [6.07, 6.45) is 3.16. The van der Waals surface area contributed by atoms with Gasteiger partial charge in [0.25, 0.3) is 0 Å². The second kappa shape index (κ2) is 8.20. The highest BCUT2D eigenvalue weighted by Crippen LogP contribution is 2.32. The molecule has 0 aliphatic carbocycles. The maximum Gasteiger partial charge on any atom is 0.248 e. The summed E-state index contributed by atoms with van der Waals surface area (Å²) < 4.78 is 11.2. The van der Waals surface area contributed by atoms with Gasteiger partial charge in [-0.25, -0.2) is 4.98 Å². The Balaban J connectivity index is 1.58. The molecule has 4 rings (SSSR count). The summed E-state index contributed by atoms with van der Waals surface area (Å²) >= 11 is 5.88. The quantitative estimate of drug-likeness (QED) is 0.426. The Morgan fingerprint density at radius 3 is 2.66 bits per heavy atom. The first kappa shape index (κ1) is 18.8. The summed E-state index contributed by atoms with van der Waals surface area (Å²) in [6.45, 7) is 0. The number of nitrogens with one attached hydrogen (secondary N) is 1. The summed E-state index contributed by atoms with van der Waals surface area (Å²) in [5, 5.41) is 3.49. The number of hydrogen-bond donors (Lipinski definition) is 1. The number of oxazole rings is 1. The molecule has 6 heteroatoms. The molecule has 29 heavy (non-hydrogen) atoms. The predicted octanol–water partition coefficient (Wildman–Crippen LogP) is 5.81. The van der Waals surface area contributed by atoms with E-state index < -0.39 is 0 Å². The molecule has 0 fully saturated rings. The standard InChI is InChI=1S/C23H17ClN2O3/c1-28-20-12-9-16(23-26-18-4-2-3-5-21(18)29-23)14-19(20)25-22(27)13-8-15-6-10-17(24)11-7-15/h2-14H,1H3,(H,25,27). The van der Waals surface area contributed by atoms with E-state index >= 15 is 0 Å². The van der Waals surface area contributed by atoms with Gasteiger partial charge in [0, 0.05) is 16.7 Å². The number of benzene rings is 3. The van der Waals surface area contributed by atoms with E-state index in [0.29, 0.717) is 27.9 Å². The van der Waals surface area contributed by atoms with Crippen molar-refractivity contribution in [2.45, 2.75) is 0 Å². The van der Waals surface area contributed by atoms with Crippen molar-refractivity contribution < 1.29 is 13.9 Å². The summed E-state index contributed by atoms with van der Waals surface area (Å²) in [7, 11) is 1.55. The highest BCUT2D eigenvalue weighted by Gasteiger charge is 2.12. The molecule has 0 spiro atoms. The number of para-hydroxylation sites is 2. The third kappa shape index (κ3) is 4.31. The van der Waals surface area contributed by atoms with Crippen LogP contribution in [0.1, 0.15) is 5.56 Å². The van der Waals surface area contributed by atoms with Gasteiger partial charge in [0.15, 0.2) is 5.58 Å². The topological polar surface area (TPSA) is 64.4 Å². The van der Waals surface area contributed by atoms with Gasteiger partial charge in [-0.3, -0.25) is 4.79 Å². The van der Waals surface area contributed by atoms with Gasteiger partial charge in [0.2, 0.25) is 11.8 Å². The van der Waals surface area contributed by atoms with Crippen LogP contribution in [0.3, 0.4) is 0 Å². The lowest BCUT2D eigenvalue weighted by atomic mass is 10.1. The number of amides is 1. The minimum absolute atomic E-state index is 0.284. The second-order valence-corrected chi connectivity index (χ2v) is 6.71. The van der Waals surface area contributed by atoms with Crippen LogP contribution in [-0.4, -0.2) is 18.0 Å². The largest absolute Gasteiger partial charge is 0.495 e. The number of carbonyl (C=O) groups is 1. The van der Waals surface area contributed by atoms with Crippen LogP contribution >= 0.6 is 11.6 Å². The van der Waals surface area contributed by atoms with Crippen molar-refractivity contribution in [3.63, 3.8) is 0 Å². The van der Waals surface area contributed by atoms with Crippen LogP contribution in [-0.2, 0) is 4.79 Å². The molecule has 0 aliphatic rings. The van der Waals surface area contributed by atoms with E-state index in [1.54, 1.807) is 37.5 Å². The summed E-state index contributed by atoms with van der Waals surface area (Å²) in [5.74, 6) is 0.729. The Morgan fingerprint density at radius 2 is 1.90 bits per heavy atom. The summed E-state index contributed by atoms with van der Waals surface area (Å²) in [4.78, 5) is 16.9. The third-order valence-electron chi connectivity index (χ3n) is 4.30. The van der Waals surface area contributed by atoms with E-state index in [9.17, 15) is 4.79 Å². The fourth-order valence-corrected chi connectivity index (χ4v) is 2.98. The van der Waals surface area contributed by atoms with E-state index in [1.165, 1.54) is 6.08 Å². The number of nitrogens with zero attached hydrogens (tertiary/aromatic N) is 1. The number of anilines is 1. The molecule has 0 unspecified atom stereocenters. The van der Waals surface area contributed by atoms with Crippen molar-refractivity contribution in [3.8, 4) is 17.2 Å². The molecule has 3 aromatic carbocycles. The monoisotopic (exact) mass is 404 g/mol. The average molecular weight is 405 g/mol. The Hall–Kier alpha value is -3.57. The minimum atomic E-state index is -0.284. The number of hydrogen-bond acceptors (Lipinski definition) is 4. The van der Waals surface area contributed by atoms with Crippen LogP contribution in [0.2, 0.25) is 5.02 Å². The van der Waals surface area contributed by atoms with Crippen molar-refractivity contribution in [2.75, 3.05) is 12.4 Å². The Bertz CT molecular complexity index is 1160. The molecule has 5 nitrogen and oxygen atoms in total. The molecule has 1 N–H and O–H groups in total. The molecular weight excluding hydrogens is 388 g/mol. The Labute approximate surface area is 172 Å². The maximum atomic E-state index is 12.4. The SMILES string of the molecule is COc1ccc(-c2nc3ccccc3o2)cc1NC(=O)C=Cc1ccc(Cl)cc1. The molecule has 0 aliphatic heterocycles. The summed E-state index contributed by atoms with van der Waals surface area (Å²) in [5.41, 5.74) is 3.61. The lowest BCUT2D eigenvalue weighted by Crippen LogP contribution is -2.09. The van der Waals surface area contributed by atoms with E-state index in [2.05, 4.69) is 10.3 Å². The van der Waals surface area contributed by atoms with Crippen molar-refractivity contribution in [3.05, 3.63) is 83.4 Å². The second-order valence-electron chi connectivity index (χ2n) is 6.28. The zero-order valence-corrected chi connectivity index (χ0v) is 16.3. The number of methoxy groups -OCH3 is 1. The van der Waals surface area contributed by atoms with Crippen LogP contribution in [0.4, 0.5) is 5.69 Å².